The molecule has 24 heavy (non-hydrogen) atoms. The average molecular weight is 432 g/mol. The maximum atomic E-state index is 6.15. The molecule has 0 spiro atoms. The molecule has 3 rings (SSSR count). The van der Waals surface area contributed by atoms with Gasteiger partial charge in [-0.15, -0.1) is 11.3 Å². The molecule has 3 aromatic rings. The van der Waals surface area contributed by atoms with E-state index in [0.717, 1.165) is 20.9 Å². The zero-order chi connectivity index (χ0) is 17.1. The molecule has 3 aromatic heterocycles. The Kier molecular flexibility index (Phi) is 5.72. The molecule has 1 atom stereocenters. The van der Waals surface area contributed by atoms with Crippen molar-refractivity contribution in [3.8, 4) is 0 Å². The molecule has 0 saturated heterocycles. The van der Waals surface area contributed by atoms with Crippen LogP contribution in [0.1, 0.15) is 10.8 Å². The SMILES string of the molecule is COC[C@H](N)Cc1oc2c(NCc3nccs3)cc(Cl)nc2c1Br. The summed E-state index contributed by atoms with van der Waals surface area (Å²) in [5.74, 6) is 0.724. The van der Waals surface area contributed by atoms with Gasteiger partial charge in [0.25, 0.3) is 0 Å². The number of methoxy groups -OCH3 is 1. The number of fused-ring (bicyclic) bond motifs is 1. The minimum atomic E-state index is -0.158. The monoisotopic (exact) mass is 430 g/mol. The predicted octanol–water partition coefficient (Wildman–Crippen LogP) is 3.83. The van der Waals surface area contributed by atoms with E-state index in [1.807, 2.05) is 5.38 Å². The summed E-state index contributed by atoms with van der Waals surface area (Å²) in [6, 6.07) is 1.58. The average Bonchev–Trinajstić information content (AvgIpc) is 3.15. The molecule has 128 valence electrons. The van der Waals surface area contributed by atoms with Crippen LogP contribution in [0.2, 0.25) is 5.15 Å². The number of anilines is 1. The summed E-state index contributed by atoms with van der Waals surface area (Å²) in [4.78, 5) is 8.61. The van der Waals surface area contributed by atoms with E-state index in [9.17, 15) is 0 Å². The summed E-state index contributed by atoms with van der Waals surface area (Å²) in [5, 5.41) is 6.60. The molecule has 0 radical (unpaired) electrons. The molecule has 0 aromatic carbocycles. The van der Waals surface area contributed by atoms with Gasteiger partial charge < -0.3 is 20.2 Å². The fourth-order valence-electron chi connectivity index (χ4n) is 2.34. The van der Waals surface area contributed by atoms with Crippen LogP contribution in [0.5, 0.6) is 0 Å². The van der Waals surface area contributed by atoms with Crippen LogP contribution in [0.25, 0.3) is 11.1 Å². The molecule has 0 aliphatic heterocycles. The Morgan fingerprint density at radius 3 is 3.08 bits per heavy atom. The Morgan fingerprint density at radius 2 is 2.38 bits per heavy atom. The Balaban J connectivity index is 1.91. The molecule has 0 aliphatic rings. The molecule has 0 unspecified atom stereocenters. The van der Waals surface area contributed by atoms with E-state index in [1.165, 1.54) is 0 Å². The number of rotatable bonds is 7. The van der Waals surface area contributed by atoms with Crippen LogP contribution >= 0.6 is 38.9 Å². The number of nitrogens with zero attached hydrogens (tertiary/aromatic N) is 2. The van der Waals surface area contributed by atoms with E-state index in [4.69, 9.17) is 26.5 Å². The highest BCUT2D eigenvalue weighted by molar-refractivity contribution is 9.10. The van der Waals surface area contributed by atoms with Crippen molar-refractivity contribution in [1.82, 2.24) is 9.97 Å². The minimum Gasteiger partial charge on any atom is -0.456 e. The van der Waals surface area contributed by atoms with E-state index in [2.05, 4.69) is 31.2 Å². The Morgan fingerprint density at radius 1 is 1.54 bits per heavy atom. The third-order valence-electron chi connectivity index (χ3n) is 3.36. The molecule has 0 bridgehead atoms. The van der Waals surface area contributed by atoms with Crippen molar-refractivity contribution in [3.63, 3.8) is 0 Å². The standard InChI is InChI=1S/C15H16BrClN4O2S/c1-22-7-8(18)4-10-13(16)14-15(23-10)9(5-11(17)21-14)20-6-12-19-2-3-24-12/h2-3,5,8H,4,6-7,18H2,1H3,(H,20,21)/t8-/m1/s1. The van der Waals surface area contributed by atoms with Gasteiger partial charge in [-0.2, -0.15) is 0 Å². The van der Waals surface area contributed by atoms with Crippen molar-refractivity contribution < 1.29 is 9.15 Å². The van der Waals surface area contributed by atoms with Gasteiger partial charge >= 0.3 is 0 Å². The summed E-state index contributed by atoms with van der Waals surface area (Å²) in [6.07, 6.45) is 2.31. The molecule has 6 nitrogen and oxygen atoms in total. The highest BCUT2D eigenvalue weighted by Crippen LogP contribution is 2.36. The summed E-state index contributed by atoms with van der Waals surface area (Å²) in [6.45, 7) is 1.04. The number of nitrogens with two attached hydrogens (primary N) is 1. The zero-order valence-corrected chi connectivity index (χ0v) is 16.0. The summed E-state index contributed by atoms with van der Waals surface area (Å²) in [7, 11) is 1.62. The lowest BCUT2D eigenvalue weighted by Crippen LogP contribution is -2.27. The molecular formula is C15H16BrClN4O2S. The number of nitrogens with one attached hydrogen (secondary N) is 1. The first-order valence-electron chi connectivity index (χ1n) is 7.22. The van der Waals surface area contributed by atoms with Crippen molar-refractivity contribution in [2.75, 3.05) is 19.0 Å². The first-order chi connectivity index (χ1) is 11.6. The number of ether oxygens (including phenoxy) is 1. The molecular weight excluding hydrogens is 416 g/mol. The number of hydrogen-bond donors (Lipinski definition) is 2. The third-order valence-corrected chi connectivity index (χ3v) is 5.15. The molecule has 3 heterocycles. The molecule has 0 aliphatic carbocycles. The second kappa shape index (κ2) is 7.79. The topological polar surface area (TPSA) is 86.2 Å². The van der Waals surface area contributed by atoms with E-state index in [1.54, 1.807) is 30.7 Å². The van der Waals surface area contributed by atoms with Crippen LogP contribution in [0.3, 0.4) is 0 Å². The van der Waals surface area contributed by atoms with E-state index >= 15 is 0 Å². The van der Waals surface area contributed by atoms with E-state index < -0.39 is 0 Å². The number of aromatic nitrogens is 2. The van der Waals surface area contributed by atoms with Gasteiger partial charge in [-0.25, -0.2) is 9.97 Å². The van der Waals surface area contributed by atoms with Gasteiger partial charge in [0.15, 0.2) is 5.58 Å². The zero-order valence-electron chi connectivity index (χ0n) is 12.9. The lowest BCUT2D eigenvalue weighted by molar-refractivity contribution is 0.178. The third kappa shape index (κ3) is 3.89. The van der Waals surface area contributed by atoms with Gasteiger partial charge in [0, 0.05) is 37.2 Å². The van der Waals surface area contributed by atoms with Crippen molar-refractivity contribution in [1.29, 1.82) is 0 Å². The Bertz CT molecular complexity index is 825. The lowest BCUT2D eigenvalue weighted by atomic mass is 10.2. The molecule has 0 fully saturated rings. The quantitative estimate of drug-likeness (QED) is 0.553. The van der Waals surface area contributed by atoms with E-state index in [0.29, 0.717) is 35.8 Å². The van der Waals surface area contributed by atoms with Gasteiger partial charge in [0.1, 0.15) is 21.4 Å². The molecule has 0 saturated carbocycles. The first kappa shape index (κ1) is 17.6. The van der Waals surface area contributed by atoms with Crippen LogP contribution in [0.15, 0.2) is 26.5 Å². The number of thiazole rings is 1. The number of pyridine rings is 1. The Labute approximate surface area is 156 Å². The summed E-state index contributed by atoms with van der Waals surface area (Å²) >= 11 is 11.3. The van der Waals surface area contributed by atoms with E-state index in [-0.39, 0.29) is 6.04 Å². The summed E-state index contributed by atoms with van der Waals surface area (Å²) < 4.78 is 11.8. The highest BCUT2D eigenvalue weighted by atomic mass is 79.9. The van der Waals surface area contributed by atoms with Gasteiger partial charge in [0.2, 0.25) is 0 Å². The van der Waals surface area contributed by atoms with Gasteiger partial charge in [-0.3, -0.25) is 0 Å². The molecule has 3 N–H and O–H groups in total. The second-order valence-corrected chi connectivity index (χ2v) is 7.37. The fraction of sp³-hybridized carbons (Fsp3) is 0.333. The van der Waals surface area contributed by atoms with Crippen LogP contribution < -0.4 is 11.1 Å². The van der Waals surface area contributed by atoms with Crippen LogP contribution in [-0.4, -0.2) is 29.7 Å². The van der Waals surface area contributed by atoms with Gasteiger partial charge in [0.05, 0.1) is 23.3 Å². The maximum Gasteiger partial charge on any atom is 0.177 e. The van der Waals surface area contributed by atoms with Crippen molar-refractivity contribution in [3.05, 3.63) is 38.0 Å². The summed E-state index contributed by atoms with van der Waals surface area (Å²) in [5.41, 5.74) is 8.11. The van der Waals surface area contributed by atoms with Crippen LogP contribution in [-0.2, 0) is 17.7 Å². The maximum absolute atomic E-state index is 6.15. The van der Waals surface area contributed by atoms with Crippen LogP contribution in [0.4, 0.5) is 5.69 Å². The van der Waals surface area contributed by atoms with Crippen molar-refractivity contribution >= 4 is 55.7 Å². The van der Waals surface area contributed by atoms with Crippen molar-refractivity contribution in [2.45, 2.75) is 19.0 Å². The smallest absolute Gasteiger partial charge is 0.177 e. The molecule has 0 amide bonds. The second-order valence-electron chi connectivity index (χ2n) is 5.21. The van der Waals surface area contributed by atoms with Gasteiger partial charge in [-0.05, 0) is 15.9 Å². The first-order valence-corrected chi connectivity index (χ1v) is 9.27. The van der Waals surface area contributed by atoms with Gasteiger partial charge in [-0.1, -0.05) is 11.6 Å². The predicted molar refractivity (Wildman–Crippen MR) is 99.7 cm³/mol. The largest absolute Gasteiger partial charge is 0.456 e. The number of furan rings is 1. The fourth-order valence-corrected chi connectivity index (χ4v) is 3.60. The molecule has 9 heteroatoms. The van der Waals surface area contributed by atoms with Crippen LogP contribution in [0, 0.1) is 0 Å². The minimum absolute atomic E-state index is 0.158. The number of halogens is 2. The Hall–Kier alpha value is -1.19. The van der Waals surface area contributed by atoms with Crippen molar-refractivity contribution in [2.24, 2.45) is 5.73 Å². The normalized spacial score (nSPS) is 12.7. The lowest BCUT2D eigenvalue weighted by Gasteiger charge is -2.08. The highest BCUT2D eigenvalue weighted by Gasteiger charge is 2.19. The number of hydrogen-bond acceptors (Lipinski definition) is 7.